The van der Waals surface area contributed by atoms with Crippen molar-refractivity contribution in [2.75, 3.05) is 6.61 Å². The Balaban J connectivity index is 1.48. The Kier molecular flexibility index (Phi) is 2.63. The van der Waals surface area contributed by atoms with Crippen molar-refractivity contribution in [1.29, 1.82) is 0 Å². The Bertz CT molecular complexity index is 453. The Hall–Kier alpha value is -1.02. The summed E-state index contributed by atoms with van der Waals surface area (Å²) < 4.78 is 5.49. The van der Waals surface area contributed by atoms with Crippen LogP contribution in [0.15, 0.2) is 24.3 Å². The SMILES string of the molecule is CCOc1ccc(C(N)C2C3C4CCC(C4)C32)cc1. The van der Waals surface area contributed by atoms with Crippen LogP contribution in [0.5, 0.6) is 5.75 Å². The van der Waals surface area contributed by atoms with Gasteiger partial charge >= 0.3 is 0 Å². The molecule has 0 amide bonds. The van der Waals surface area contributed by atoms with E-state index in [1.807, 2.05) is 6.92 Å². The number of rotatable bonds is 4. The first-order valence-corrected chi connectivity index (χ1v) is 7.78. The molecule has 0 aromatic heterocycles. The lowest BCUT2D eigenvalue weighted by Crippen LogP contribution is -2.17. The maximum atomic E-state index is 6.53. The van der Waals surface area contributed by atoms with Gasteiger partial charge in [-0.25, -0.2) is 0 Å². The summed E-state index contributed by atoms with van der Waals surface area (Å²) in [5, 5.41) is 0. The summed E-state index contributed by atoms with van der Waals surface area (Å²) in [6.07, 6.45) is 4.44. The van der Waals surface area contributed by atoms with Gasteiger partial charge in [0.2, 0.25) is 0 Å². The highest BCUT2D eigenvalue weighted by molar-refractivity contribution is 5.31. The largest absolute Gasteiger partial charge is 0.494 e. The van der Waals surface area contributed by atoms with E-state index in [9.17, 15) is 0 Å². The molecule has 2 heteroatoms. The van der Waals surface area contributed by atoms with Crippen LogP contribution < -0.4 is 10.5 Å². The zero-order chi connectivity index (χ0) is 13.0. The van der Waals surface area contributed by atoms with Gasteiger partial charge in [0.05, 0.1) is 6.61 Å². The molecule has 0 aliphatic heterocycles. The van der Waals surface area contributed by atoms with Crippen LogP contribution in [0.25, 0.3) is 0 Å². The second-order valence-electron chi connectivity index (χ2n) is 6.59. The molecule has 4 rings (SSSR count). The molecule has 2 bridgehead atoms. The first-order chi connectivity index (χ1) is 9.29. The van der Waals surface area contributed by atoms with E-state index in [0.29, 0.717) is 0 Å². The van der Waals surface area contributed by atoms with E-state index >= 15 is 0 Å². The monoisotopic (exact) mass is 257 g/mol. The van der Waals surface area contributed by atoms with Crippen molar-refractivity contribution in [2.24, 2.45) is 35.3 Å². The molecular formula is C17H23NO. The van der Waals surface area contributed by atoms with E-state index in [1.54, 1.807) is 0 Å². The fourth-order valence-electron chi connectivity index (χ4n) is 5.05. The van der Waals surface area contributed by atoms with E-state index in [1.165, 1.54) is 24.8 Å². The average molecular weight is 257 g/mol. The second kappa shape index (κ2) is 4.24. The molecule has 0 radical (unpaired) electrons. The lowest BCUT2D eigenvalue weighted by molar-refractivity contribution is 0.340. The molecule has 2 nitrogen and oxygen atoms in total. The summed E-state index contributed by atoms with van der Waals surface area (Å²) in [5.41, 5.74) is 7.82. The van der Waals surface area contributed by atoms with Gasteiger partial charge in [0.15, 0.2) is 0 Å². The van der Waals surface area contributed by atoms with Crippen molar-refractivity contribution in [2.45, 2.75) is 32.2 Å². The van der Waals surface area contributed by atoms with Gasteiger partial charge in [0.1, 0.15) is 5.75 Å². The van der Waals surface area contributed by atoms with Crippen molar-refractivity contribution in [3.63, 3.8) is 0 Å². The Morgan fingerprint density at radius 1 is 1.16 bits per heavy atom. The third kappa shape index (κ3) is 1.73. The standard InChI is InChI=1S/C17H23NO/c1-2-19-13-7-5-10(6-8-13)17(18)16-14-11-3-4-12(9-11)15(14)16/h5-8,11-12,14-17H,2-4,9,18H2,1H3. The molecule has 3 aliphatic rings. The first kappa shape index (κ1) is 11.8. The van der Waals surface area contributed by atoms with Crippen molar-refractivity contribution in [1.82, 2.24) is 0 Å². The van der Waals surface area contributed by atoms with Crippen LogP contribution in [0, 0.1) is 29.6 Å². The van der Waals surface area contributed by atoms with Gasteiger partial charge in [-0.05, 0) is 73.5 Å². The number of nitrogens with two attached hydrogens (primary N) is 1. The first-order valence-electron chi connectivity index (χ1n) is 7.78. The molecule has 0 heterocycles. The van der Waals surface area contributed by atoms with Gasteiger partial charge in [0, 0.05) is 6.04 Å². The molecule has 5 atom stereocenters. The number of hydrogen-bond acceptors (Lipinski definition) is 2. The van der Waals surface area contributed by atoms with Crippen LogP contribution in [0.4, 0.5) is 0 Å². The van der Waals surface area contributed by atoms with Gasteiger partial charge < -0.3 is 10.5 Å². The van der Waals surface area contributed by atoms with Crippen molar-refractivity contribution in [3.8, 4) is 5.75 Å². The number of ether oxygens (including phenoxy) is 1. The highest BCUT2D eigenvalue weighted by Crippen LogP contribution is 2.71. The zero-order valence-electron chi connectivity index (χ0n) is 11.6. The summed E-state index contributed by atoms with van der Waals surface area (Å²) in [7, 11) is 0. The smallest absolute Gasteiger partial charge is 0.119 e. The molecule has 3 aliphatic carbocycles. The summed E-state index contributed by atoms with van der Waals surface area (Å²) in [4.78, 5) is 0. The van der Waals surface area contributed by atoms with Crippen LogP contribution in [0.1, 0.15) is 37.8 Å². The highest BCUT2D eigenvalue weighted by atomic mass is 16.5. The molecule has 3 fully saturated rings. The minimum atomic E-state index is 0.245. The number of fused-ring (bicyclic) bond motifs is 5. The lowest BCUT2D eigenvalue weighted by Gasteiger charge is -2.17. The van der Waals surface area contributed by atoms with Gasteiger partial charge in [-0.2, -0.15) is 0 Å². The van der Waals surface area contributed by atoms with E-state index in [-0.39, 0.29) is 6.04 Å². The fourth-order valence-corrected chi connectivity index (χ4v) is 5.05. The van der Waals surface area contributed by atoms with Gasteiger partial charge in [0.25, 0.3) is 0 Å². The second-order valence-corrected chi connectivity index (χ2v) is 6.59. The summed E-state index contributed by atoms with van der Waals surface area (Å²) >= 11 is 0. The highest BCUT2D eigenvalue weighted by Gasteiger charge is 2.66. The summed E-state index contributed by atoms with van der Waals surface area (Å²) in [6.45, 7) is 2.74. The Labute approximate surface area is 115 Å². The van der Waals surface area contributed by atoms with E-state index in [0.717, 1.165) is 41.9 Å². The van der Waals surface area contributed by atoms with E-state index < -0.39 is 0 Å². The molecule has 2 N–H and O–H groups in total. The van der Waals surface area contributed by atoms with Crippen LogP contribution in [0.2, 0.25) is 0 Å². The average Bonchev–Trinajstić information content (AvgIpc) is 2.87. The van der Waals surface area contributed by atoms with Crippen LogP contribution >= 0.6 is 0 Å². The third-order valence-electron chi connectivity index (χ3n) is 5.79. The van der Waals surface area contributed by atoms with Crippen molar-refractivity contribution < 1.29 is 4.74 Å². The van der Waals surface area contributed by atoms with E-state index in [4.69, 9.17) is 10.5 Å². The van der Waals surface area contributed by atoms with Crippen LogP contribution in [0.3, 0.4) is 0 Å². The molecule has 3 saturated carbocycles. The number of benzene rings is 1. The molecule has 0 spiro atoms. The molecule has 102 valence electrons. The van der Waals surface area contributed by atoms with E-state index in [2.05, 4.69) is 24.3 Å². The number of hydrogen-bond donors (Lipinski definition) is 1. The summed E-state index contributed by atoms with van der Waals surface area (Å²) in [6, 6.07) is 8.68. The Morgan fingerprint density at radius 3 is 2.37 bits per heavy atom. The predicted octanol–water partition coefficient (Wildman–Crippen LogP) is 3.38. The quantitative estimate of drug-likeness (QED) is 0.897. The van der Waals surface area contributed by atoms with Crippen molar-refractivity contribution >= 4 is 0 Å². The molecule has 1 aromatic rings. The molecule has 5 unspecified atom stereocenters. The topological polar surface area (TPSA) is 35.2 Å². The van der Waals surface area contributed by atoms with Gasteiger partial charge in [-0.1, -0.05) is 12.1 Å². The van der Waals surface area contributed by atoms with Gasteiger partial charge in [-0.3, -0.25) is 0 Å². The minimum Gasteiger partial charge on any atom is -0.494 e. The predicted molar refractivity (Wildman–Crippen MR) is 75.8 cm³/mol. The lowest BCUT2D eigenvalue weighted by atomic mass is 9.93. The Morgan fingerprint density at radius 2 is 1.79 bits per heavy atom. The van der Waals surface area contributed by atoms with Crippen LogP contribution in [-0.2, 0) is 0 Å². The zero-order valence-corrected chi connectivity index (χ0v) is 11.6. The third-order valence-corrected chi connectivity index (χ3v) is 5.79. The molecule has 0 saturated heterocycles. The maximum Gasteiger partial charge on any atom is 0.119 e. The molecule has 1 aromatic carbocycles. The maximum absolute atomic E-state index is 6.53. The summed E-state index contributed by atoms with van der Waals surface area (Å²) in [5.74, 6) is 5.65. The fraction of sp³-hybridized carbons (Fsp3) is 0.647. The normalized spacial score (nSPS) is 40.0. The van der Waals surface area contributed by atoms with Crippen molar-refractivity contribution in [3.05, 3.63) is 29.8 Å². The van der Waals surface area contributed by atoms with Crippen LogP contribution in [-0.4, -0.2) is 6.61 Å². The van der Waals surface area contributed by atoms with Gasteiger partial charge in [-0.15, -0.1) is 0 Å². The molecule has 19 heavy (non-hydrogen) atoms. The molecular weight excluding hydrogens is 234 g/mol. The minimum absolute atomic E-state index is 0.245.